The van der Waals surface area contributed by atoms with Crippen molar-refractivity contribution in [1.29, 1.82) is 0 Å². The van der Waals surface area contributed by atoms with Crippen LogP contribution in [0.15, 0.2) is 39.5 Å². The van der Waals surface area contributed by atoms with E-state index in [9.17, 15) is 4.79 Å². The Morgan fingerprint density at radius 1 is 1.16 bits per heavy atom. The van der Waals surface area contributed by atoms with Crippen molar-refractivity contribution < 1.29 is 4.42 Å². The van der Waals surface area contributed by atoms with E-state index in [1.165, 1.54) is 0 Å². The first-order valence-corrected chi connectivity index (χ1v) is 5.91. The molecule has 3 heterocycles. The molecule has 4 rings (SSSR count). The molecule has 0 aliphatic carbocycles. The Bertz CT molecular complexity index is 998. The molecule has 0 saturated heterocycles. The summed E-state index contributed by atoms with van der Waals surface area (Å²) in [7, 11) is 0. The van der Waals surface area contributed by atoms with Crippen LogP contribution in [0, 0.1) is 6.92 Å². The van der Waals surface area contributed by atoms with Crippen molar-refractivity contribution in [2.75, 3.05) is 0 Å². The van der Waals surface area contributed by atoms with Crippen LogP contribution in [0.4, 0.5) is 0 Å². The summed E-state index contributed by atoms with van der Waals surface area (Å²) in [5, 5.41) is 9.15. The molecule has 0 amide bonds. The van der Waals surface area contributed by atoms with Gasteiger partial charge in [-0.25, -0.2) is 9.78 Å². The van der Waals surface area contributed by atoms with E-state index >= 15 is 0 Å². The van der Waals surface area contributed by atoms with Crippen LogP contribution in [-0.2, 0) is 0 Å². The highest BCUT2D eigenvalue weighted by Crippen LogP contribution is 2.24. The predicted octanol–water partition coefficient (Wildman–Crippen LogP) is 2.53. The number of nitrogens with zero attached hydrogens (tertiary/aromatic N) is 2. The van der Waals surface area contributed by atoms with E-state index < -0.39 is 0 Å². The summed E-state index contributed by atoms with van der Waals surface area (Å²) in [5.74, 6) is 0. The van der Waals surface area contributed by atoms with Gasteiger partial charge in [0.15, 0.2) is 5.65 Å². The molecule has 0 aliphatic heterocycles. The highest BCUT2D eigenvalue weighted by molar-refractivity contribution is 6.05. The average Bonchev–Trinajstić information content (AvgIpc) is 2.79. The molecule has 0 bridgehead atoms. The maximum atomic E-state index is 12.0. The lowest BCUT2D eigenvalue weighted by Gasteiger charge is -2.01. The minimum absolute atomic E-state index is 0.372. The van der Waals surface area contributed by atoms with Crippen molar-refractivity contribution in [2.24, 2.45) is 0 Å². The van der Waals surface area contributed by atoms with Gasteiger partial charge in [0.1, 0.15) is 5.58 Å². The predicted molar refractivity (Wildman–Crippen MR) is 72.2 cm³/mol. The van der Waals surface area contributed by atoms with E-state index in [0.717, 1.165) is 16.5 Å². The molecule has 92 valence electrons. The zero-order valence-corrected chi connectivity index (χ0v) is 10.1. The topological polar surface area (TPSA) is 71.8 Å². The Balaban J connectivity index is 2.35. The first-order valence-electron chi connectivity index (χ1n) is 5.91. The van der Waals surface area contributed by atoms with Crippen LogP contribution in [0.25, 0.3) is 32.9 Å². The largest absolute Gasteiger partial charge is 0.422 e. The van der Waals surface area contributed by atoms with Gasteiger partial charge >= 0.3 is 5.63 Å². The summed E-state index contributed by atoms with van der Waals surface area (Å²) in [6, 6.07) is 9.16. The quantitative estimate of drug-likeness (QED) is 0.385. The van der Waals surface area contributed by atoms with Gasteiger partial charge in [-0.05, 0) is 25.1 Å². The Morgan fingerprint density at radius 3 is 2.89 bits per heavy atom. The highest BCUT2D eigenvalue weighted by atomic mass is 16.4. The molecule has 0 aliphatic rings. The minimum Gasteiger partial charge on any atom is -0.422 e. The zero-order chi connectivity index (χ0) is 13.0. The Labute approximate surface area is 106 Å². The van der Waals surface area contributed by atoms with E-state index in [1.807, 2.05) is 25.1 Å². The summed E-state index contributed by atoms with van der Waals surface area (Å²) in [5.41, 5.74) is 2.30. The van der Waals surface area contributed by atoms with Crippen molar-refractivity contribution in [1.82, 2.24) is 15.2 Å². The first kappa shape index (κ1) is 10.3. The SMILES string of the molecule is Cc1[nH]nc2nc3c(cc12)c(=O)oc1ccccc13. The van der Waals surface area contributed by atoms with Crippen LogP contribution in [0.3, 0.4) is 0 Å². The van der Waals surface area contributed by atoms with Crippen molar-refractivity contribution in [3.8, 4) is 0 Å². The fraction of sp³-hybridized carbons (Fsp3) is 0.0714. The Hall–Kier alpha value is -2.69. The highest BCUT2D eigenvalue weighted by Gasteiger charge is 2.12. The second-order valence-electron chi connectivity index (χ2n) is 4.49. The van der Waals surface area contributed by atoms with E-state index in [0.29, 0.717) is 22.1 Å². The summed E-state index contributed by atoms with van der Waals surface area (Å²) >= 11 is 0. The number of benzene rings is 1. The number of hydrogen-bond donors (Lipinski definition) is 1. The standard InChI is InChI=1S/C14H9N3O2/c1-7-9-6-10-12(15-13(9)17-16-7)8-4-2-3-5-11(8)19-14(10)18/h2-6H,1H3,(H,15,16,17). The number of pyridine rings is 1. The fourth-order valence-corrected chi connectivity index (χ4v) is 2.33. The molecule has 0 radical (unpaired) electrons. The van der Waals surface area contributed by atoms with E-state index in [1.54, 1.807) is 12.1 Å². The van der Waals surface area contributed by atoms with Gasteiger partial charge in [0, 0.05) is 16.5 Å². The number of rotatable bonds is 0. The summed E-state index contributed by atoms with van der Waals surface area (Å²) < 4.78 is 5.31. The lowest BCUT2D eigenvalue weighted by molar-refractivity contribution is 0.569. The third kappa shape index (κ3) is 1.32. The van der Waals surface area contributed by atoms with Gasteiger partial charge in [0.05, 0.1) is 10.9 Å². The normalized spacial score (nSPS) is 11.6. The van der Waals surface area contributed by atoms with Gasteiger partial charge in [-0.3, -0.25) is 5.10 Å². The summed E-state index contributed by atoms with van der Waals surface area (Å²) in [6.07, 6.45) is 0. The number of hydrogen-bond acceptors (Lipinski definition) is 4. The second-order valence-corrected chi connectivity index (χ2v) is 4.49. The van der Waals surface area contributed by atoms with Crippen molar-refractivity contribution >= 4 is 32.9 Å². The summed E-state index contributed by atoms with van der Waals surface area (Å²) in [6.45, 7) is 1.89. The number of aromatic nitrogens is 3. The molecule has 3 aromatic heterocycles. The molecular weight excluding hydrogens is 242 g/mol. The smallest absolute Gasteiger partial charge is 0.345 e. The van der Waals surface area contributed by atoms with E-state index in [2.05, 4.69) is 15.2 Å². The lowest BCUT2D eigenvalue weighted by Crippen LogP contribution is -2.01. The monoisotopic (exact) mass is 251 g/mol. The lowest BCUT2D eigenvalue weighted by atomic mass is 10.1. The molecule has 4 aromatic rings. The molecule has 5 nitrogen and oxygen atoms in total. The van der Waals surface area contributed by atoms with Crippen molar-refractivity contribution in [3.05, 3.63) is 46.4 Å². The first-order chi connectivity index (χ1) is 9.24. The molecule has 0 fully saturated rings. The molecule has 0 atom stereocenters. The second kappa shape index (κ2) is 3.41. The van der Waals surface area contributed by atoms with Crippen LogP contribution in [0.1, 0.15) is 5.69 Å². The van der Waals surface area contributed by atoms with E-state index in [-0.39, 0.29) is 5.63 Å². The molecule has 5 heteroatoms. The van der Waals surface area contributed by atoms with Crippen LogP contribution in [0.2, 0.25) is 0 Å². The molecule has 1 aromatic carbocycles. The Kier molecular flexibility index (Phi) is 1.84. The fourth-order valence-electron chi connectivity index (χ4n) is 2.33. The number of aryl methyl sites for hydroxylation is 1. The molecule has 0 saturated carbocycles. The van der Waals surface area contributed by atoms with Crippen LogP contribution < -0.4 is 5.63 Å². The molecule has 0 unspecified atom stereocenters. The van der Waals surface area contributed by atoms with Crippen molar-refractivity contribution in [2.45, 2.75) is 6.92 Å². The van der Waals surface area contributed by atoms with Crippen LogP contribution >= 0.6 is 0 Å². The van der Waals surface area contributed by atoms with Gasteiger partial charge in [-0.15, -0.1) is 0 Å². The van der Waals surface area contributed by atoms with Crippen LogP contribution in [0.5, 0.6) is 0 Å². The third-order valence-electron chi connectivity index (χ3n) is 3.30. The number of H-pyrrole nitrogens is 1. The third-order valence-corrected chi connectivity index (χ3v) is 3.30. The maximum absolute atomic E-state index is 12.0. The average molecular weight is 251 g/mol. The van der Waals surface area contributed by atoms with Gasteiger partial charge in [-0.2, -0.15) is 5.10 Å². The van der Waals surface area contributed by atoms with Gasteiger partial charge in [0.2, 0.25) is 0 Å². The molecule has 19 heavy (non-hydrogen) atoms. The van der Waals surface area contributed by atoms with Gasteiger partial charge < -0.3 is 4.42 Å². The molecular formula is C14H9N3O2. The summed E-state index contributed by atoms with van der Waals surface area (Å²) in [4.78, 5) is 16.5. The van der Waals surface area contributed by atoms with Gasteiger partial charge in [-0.1, -0.05) is 12.1 Å². The maximum Gasteiger partial charge on any atom is 0.345 e. The number of aromatic amines is 1. The number of fused-ring (bicyclic) bond motifs is 4. The van der Waals surface area contributed by atoms with E-state index in [4.69, 9.17) is 4.42 Å². The number of nitrogens with one attached hydrogen (secondary N) is 1. The zero-order valence-electron chi connectivity index (χ0n) is 10.1. The minimum atomic E-state index is -0.372. The Morgan fingerprint density at radius 2 is 2.00 bits per heavy atom. The van der Waals surface area contributed by atoms with Gasteiger partial charge in [0.25, 0.3) is 0 Å². The number of para-hydroxylation sites is 1. The molecule has 1 N–H and O–H groups in total. The van der Waals surface area contributed by atoms with Crippen molar-refractivity contribution in [3.63, 3.8) is 0 Å². The molecule has 0 spiro atoms. The van der Waals surface area contributed by atoms with Crippen LogP contribution in [-0.4, -0.2) is 15.2 Å².